The number of thiazole rings is 1. The fourth-order valence-electron chi connectivity index (χ4n) is 2.99. The molecule has 118 valence electrons. The van der Waals surface area contributed by atoms with Crippen LogP contribution >= 0.6 is 23.1 Å². The largest absolute Gasteiger partial charge is 0.549 e. The summed E-state index contributed by atoms with van der Waals surface area (Å²) in [6.07, 6.45) is 0. The lowest BCUT2D eigenvalue weighted by molar-refractivity contribution is -0.306. The van der Waals surface area contributed by atoms with Gasteiger partial charge in [-0.1, -0.05) is 23.1 Å². The van der Waals surface area contributed by atoms with Gasteiger partial charge in [0, 0.05) is 16.4 Å². The normalized spacial score (nSPS) is 25.0. The minimum Gasteiger partial charge on any atom is -0.549 e. The molecule has 0 unspecified atom stereocenters. The Labute approximate surface area is 136 Å². The predicted molar refractivity (Wildman–Crippen MR) is 78.7 cm³/mol. The highest BCUT2D eigenvalue weighted by atomic mass is 32.2. The quantitative estimate of drug-likeness (QED) is 0.550. The zero-order valence-corrected chi connectivity index (χ0v) is 12.9. The number of carboxylic acids is 1. The van der Waals surface area contributed by atoms with Crippen LogP contribution in [-0.2, 0) is 9.59 Å². The van der Waals surface area contributed by atoms with Gasteiger partial charge in [0.25, 0.3) is 0 Å². The minimum atomic E-state index is -1.40. The van der Waals surface area contributed by atoms with Crippen molar-refractivity contribution in [1.29, 1.82) is 0 Å². The SMILES string of the molecule is O=C1Oc2ccc(O)cc2[C@@H]2c3sc(=O)[nH]c3S[C@@H](C(=O)[O-])[C@H]12. The number of carbonyl (C=O) groups is 2. The molecule has 2 aliphatic rings. The molecule has 0 amide bonds. The number of hydrogen-bond donors (Lipinski definition) is 2. The first-order valence-corrected chi connectivity index (χ1v) is 8.30. The molecule has 4 rings (SSSR count). The smallest absolute Gasteiger partial charge is 0.316 e. The molecule has 0 aliphatic carbocycles. The number of H-pyrrole nitrogens is 1. The molecule has 0 saturated carbocycles. The number of phenols is 1. The van der Waals surface area contributed by atoms with Gasteiger partial charge in [-0.2, -0.15) is 0 Å². The van der Waals surface area contributed by atoms with Crippen molar-refractivity contribution in [3.8, 4) is 11.5 Å². The highest BCUT2D eigenvalue weighted by Crippen LogP contribution is 2.53. The summed E-state index contributed by atoms with van der Waals surface area (Å²) < 4.78 is 5.22. The number of aromatic nitrogens is 1. The summed E-state index contributed by atoms with van der Waals surface area (Å²) in [6.45, 7) is 0. The maximum atomic E-state index is 12.3. The number of aliphatic carboxylic acids is 1. The molecule has 3 heterocycles. The Morgan fingerprint density at radius 2 is 2.13 bits per heavy atom. The third-order valence-corrected chi connectivity index (χ3v) is 6.29. The molecule has 0 bridgehead atoms. The maximum absolute atomic E-state index is 12.3. The highest BCUT2D eigenvalue weighted by Gasteiger charge is 2.49. The molecule has 2 aliphatic heterocycles. The number of aromatic hydroxyl groups is 1. The van der Waals surface area contributed by atoms with Crippen LogP contribution in [0.1, 0.15) is 16.4 Å². The Hall–Kier alpha value is -2.26. The Bertz CT molecular complexity index is 901. The van der Waals surface area contributed by atoms with E-state index in [9.17, 15) is 24.6 Å². The maximum Gasteiger partial charge on any atom is 0.316 e. The van der Waals surface area contributed by atoms with E-state index in [-0.39, 0.29) is 16.4 Å². The third kappa shape index (κ3) is 2.07. The number of fused-ring (bicyclic) bond motifs is 5. The van der Waals surface area contributed by atoms with Gasteiger partial charge in [-0.3, -0.25) is 9.59 Å². The second kappa shape index (κ2) is 4.87. The number of aromatic amines is 1. The number of benzene rings is 1. The molecule has 0 spiro atoms. The number of carbonyl (C=O) groups excluding carboxylic acids is 2. The van der Waals surface area contributed by atoms with Gasteiger partial charge < -0.3 is 24.7 Å². The van der Waals surface area contributed by atoms with E-state index < -0.39 is 29.0 Å². The lowest BCUT2D eigenvalue weighted by Gasteiger charge is -2.39. The number of thioether (sulfide) groups is 1. The lowest BCUT2D eigenvalue weighted by atomic mass is 9.80. The van der Waals surface area contributed by atoms with Gasteiger partial charge in [0.1, 0.15) is 11.5 Å². The Balaban J connectivity index is 2.00. The standard InChI is InChI=1S/C14H9NO6S2/c16-4-1-2-6-5(3-4)7-8(13(19)21-6)10(12(17)18)22-11-9(7)23-14(20)15-11/h1-3,7-8,10,16H,(H,15,20)(H,17,18)/p-1/t7-,8+,10+/m0/s1. The monoisotopic (exact) mass is 350 g/mol. The van der Waals surface area contributed by atoms with Crippen molar-refractivity contribution in [2.75, 3.05) is 0 Å². The van der Waals surface area contributed by atoms with Gasteiger partial charge in [-0.15, -0.1) is 0 Å². The average Bonchev–Trinajstić information content (AvgIpc) is 2.86. The minimum absolute atomic E-state index is 0.0342. The van der Waals surface area contributed by atoms with Crippen LogP contribution in [0.15, 0.2) is 28.0 Å². The van der Waals surface area contributed by atoms with Crippen molar-refractivity contribution < 1.29 is 24.5 Å². The van der Waals surface area contributed by atoms with E-state index in [2.05, 4.69) is 4.98 Å². The second-order valence-corrected chi connectivity index (χ2v) is 7.38. The zero-order chi connectivity index (χ0) is 16.3. The van der Waals surface area contributed by atoms with Crippen LogP contribution in [0.4, 0.5) is 0 Å². The number of ether oxygens (including phenoxy) is 1. The molecule has 2 aromatic rings. The second-order valence-electron chi connectivity index (χ2n) is 5.21. The highest BCUT2D eigenvalue weighted by molar-refractivity contribution is 8.00. The molecular weight excluding hydrogens is 342 g/mol. The van der Waals surface area contributed by atoms with Crippen LogP contribution in [0.3, 0.4) is 0 Å². The van der Waals surface area contributed by atoms with Crippen molar-refractivity contribution in [3.05, 3.63) is 38.3 Å². The Kier molecular flexibility index (Phi) is 3.03. The number of hydrogen-bond acceptors (Lipinski definition) is 8. The fraction of sp³-hybridized carbons (Fsp3) is 0.214. The number of carboxylic acid groups (broad SMARTS) is 1. The van der Waals surface area contributed by atoms with Crippen molar-refractivity contribution in [1.82, 2.24) is 4.98 Å². The summed E-state index contributed by atoms with van der Waals surface area (Å²) in [5.41, 5.74) is 0.484. The average molecular weight is 350 g/mol. The van der Waals surface area contributed by atoms with Crippen LogP contribution < -0.4 is 14.7 Å². The van der Waals surface area contributed by atoms with E-state index in [0.717, 1.165) is 23.1 Å². The molecular formula is C14H8NO6S2-. The third-order valence-electron chi connectivity index (χ3n) is 3.90. The van der Waals surface area contributed by atoms with E-state index in [1.54, 1.807) is 0 Å². The summed E-state index contributed by atoms with van der Waals surface area (Å²) in [4.78, 5) is 38.3. The molecule has 0 saturated heterocycles. The summed E-state index contributed by atoms with van der Waals surface area (Å²) in [7, 11) is 0. The molecule has 3 atom stereocenters. The summed E-state index contributed by atoms with van der Waals surface area (Å²) in [5, 5.41) is 20.4. The fourth-order valence-corrected chi connectivity index (χ4v) is 5.38. The van der Waals surface area contributed by atoms with Crippen LogP contribution in [0.5, 0.6) is 11.5 Å². The zero-order valence-electron chi connectivity index (χ0n) is 11.3. The van der Waals surface area contributed by atoms with Crippen molar-refractivity contribution in [2.24, 2.45) is 5.92 Å². The number of esters is 1. The van der Waals surface area contributed by atoms with Gasteiger partial charge in [-0.25, -0.2) is 0 Å². The molecule has 9 heteroatoms. The molecule has 2 N–H and O–H groups in total. The summed E-state index contributed by atoms with van der Waals surface area (Å²) >= 11 is 1.81. The van der Waals surface area contributed by atoms with Crippen LogP contribution in [-0.4, -0.2) is 27.3 Å². The van der Waals surface area contributed by atoms with Crippen molar-refractivity contribution in [2.45, 2.75) is 16.2 Å². The summed E-state index contributed by atoms with van der Waals surface area (Å²) in [5.74, 6) is -3.54. The first kappa shape index (κ1) is 14.3. The molecule has 1 aromatic carbocycles. The predicted octanol–water partition coefficient (Wildman–Crippen LogP) is 0.0333. The number of nitrogens with one attached hydrogen (secondary N) is 1. The molecule has 23 heavy (non-hydrogen) atoms. The van der Waals surface area contributed by atoms with Crippen molar-refractivity contribution >= 4 is 35.0 Å². The van der Waals surface area contributed by atoms with E-state index in [4.69, 9.17) is 4.74 Å². The van der Waals surface area contributed by atoms with Crippen LogP contribution in [0, 0.1) is 5.92 Å². The number of phenolic OH excluding ortho intramolecular Hbond substituents is 1. The van der Waals surface area contributed by atoms with Crippen LogP contribution in [0.2, 0.25) is 0 Å². The Morgan fingerprint density at radius 3 is 2.87 bits per heavy atom. The van der Waals surface area contributed by atoms with Gasteiger partial charge in [-0.05, 0) is 18.2 Å². The van der Waals surface area contributed by atoms with E-state index in [0.29, 0.717) is 15.5 Å². The van der Waals surface area contributed by atoms with Gasteiger partial charge in [0.05, 0.1) is 22.2 Å². The van der Waals surface area contributed by atoms with Crippen molar-refractivity contribution in [3.63, 3.8) is 0 Å². The Morgan fingerprint density at radius 1 is 1.35 bits per heavy atom. The topological polar surface area (TPSA) is 120 Å². The first-order chi connectivity index (χ1) is 11.0. The first-order valence-electron chi connectivity index (χ1n) is 6.61. The molecule has 0 fully saturated rings. The van der Waals surface area contributed by atoms with Gasteiger partial charge >= 0.3 is 10.8 Å². The van der Waals surface area contributed by atoms with E-state index in [1.165, 1.54) is 18.2 Å². The van der Waals surface area contributed by atoms with Gasteiger partial charge in [0.15, 0.2) is 0 Å². The van der Waals surface area contributed by atoms with E-state index >= 15 is 0 Å². The molecule has 0 radical (unpaired) electrons. The lowest BCUT2D eigenvalue weighted by Crippen LogP contribution is -2.48. The molecule has 7 nitrogen and oxygen atoms in total. The number of rotatable bonds is 1. The van der Waals surface area contributed by atoms with Gasteiger partial charge in [0.2, 0.25) is 0 Å². The summed E-state index contributed by atoms with van der Waals surface area (Å²) in [6, 6.07) is 4.25. The van der Waals surface area contributed by atoms with Crippen LogP contribution in [0.25, 0.3) is 0 Å². The van der Waals surface area contributed by atoms with E-state index in [1.807, 2.05) is 0 Å². The molecule has 1 aromatic heterocycles.